The van der Waals surface area contributed by atoms with Crippen LogP contribution in [0.1, 0.15) is 22.3 Å². The van der Waals surface area contributed by atoms with Gasteiger partial charge < -0.3 is 20.1 Å². The number of halogens is 3. The molecule has 0 bridgehead atoms. The molecule has 1 aromatic heterocycles. The molecule has 1 saturated heterocycles. The van der Waals surface area contributed by atoms with Gasteiger partial charge in [0.05, 0.1) is 6.42 Å². The van der Waals surface area contributed by atoms with Gasteiger partial charge in [-0.1, -0.05) is 0 Å². The van der Waals surface area contributed by atoms with Gasteiger partial charge in [-0.15, -0.1) is 11.3 Å². The molecule has 1 fully saturated rings. The van der Waals surface area contributed by atoms with Crippen LogP contribution >= 0.6 is 11.3 Å². The van der Waals surface area contributed by atoms with Crippen LogP contribution in [0.15, 0.2) is 66.7 Å². The average Bonchev–Trinajstić information content (AvgIpc) is 3.24. The van der Waals surface area contributed by atoms with E-state index in [2.05, 4.69) is 0 Å². The SMILES string of the molecule is CO.O=C(c1ccc(OC2CN(CCC(F)(F)F)C2)cc1)c1c(-c2ccc(O)cc2)sc2cc(O)ccc12. The predicted molar refractivity (Wildman–Crippen MR) is 140 cm³/mol. The number of aliphatic hydroxyl groups is 1. The number of thiophene rings is 1. The normalized spacial score (nSPS) is 14.0. The maximum atomic E-state index is 13.6. The van der Waals surface area contributed by atoms with Gasteiger partial charge in [-0.25, -0.2) is 0 Å². The van der Waals surface area contributed by atoms with Gasteiger partial charge in [-0.05, 0) is 72.3 Å². The number of hydrogen-bond donors (Lipinski definition) is 3. The third-order valence-corrected chi connectivity index (χ3v) is 7.29. The first-order valence-corrected chi connectivity index (χ1v) is 12.6. The molecule has 10 heteroatoms. The fourth-order valence-corrected chi connectivity index (χ4v) is 5.45. The zero-order valence-electron chi connectivity index (χ0n) is 20.4. The summed E-state index contributed by atoms with van der Waals surface area (Å²) in [5.74, 6) is 0.583. The van der Waals surface area contributed by atoms with E-state index in [-0.39, 0.29) is 29.9 Å². The van der Waals surface area contributed by atoms with Crippen LogP contribution in [0.4, 0.5) is 13.2 Å². The van der Waals surface area contributed by atoms with Crippen LogP contribution in [0.3, 0.4) is 0 Å². The summed E-state index contributed by atoms with van der Waals surface area (Å²) in [5, 5.41) is 27.3. The molecular formula is C28H26F3NO5S. The number of hydrogen-bond acceptors (Lipinski definition) is 7. The Morgan fingerprint density at radius 3 is 2.24 bits per heavy atom. The van der Waals surface area contributed by atoms with E-state index in [4.69, 9.17) is 9.84 Å². The van der Waals surface area contributed by atoms with Crippen molar-refractivity contribution in [1.29, 1.82) is 0 Å². The number of phenols is 2. The monoisotopic (exact) mass is 545 g/mol. The van der Waals surface area contributed by atoms with Gasteiger partial charge >= 0.3 is 6.18 Å². The molecule has 5 rings (SSSR count). The second kappa shape index (κ2) is 11.4. The highest BCUT2D eigenvalue weighted by atomic mass is 32.1. The van der Waals surface area contributed by atoms with Gasteiger partial charge in [0.1, 0.15) is 23.4 Å². The molecule has 3 N–H and O–H groups in total. The number of nitrogens with zero attached hydrogens (tertiary/aromatic N) is 1. The molecular weight excluding hydrogens is 519 g/mol. The minimum Gasteiger partial charge on any atom is -0.508 e. The minimum absolute atomic E-state index is 0.0352. The molecule has 0 saturated carbocycles. The zero-order chi connectivity index (χ0) is 27.4. The molecule has 200 valence electrons. The molecule has 1 aliphatic rings. The number of aliphatic hydroxyl groups excluding tert-OH is 1. The van der Waals surface area contributed by atoms with Gasteiger partial charge in [-0.3, -0.25) is 9.69 Å². The molecule has 0 aliphatic carbocycles. The Kier molecular flexibility index (Phi) is 8.25. The van der Waals surface area contributed by atoms with E-state index in [1.807, 2.05) is 0 Å². The van der Waals surface area contributed by atoms with Gasteiger partial charge in [0.15, 0.2) is 5.78 Å². The van der Waals surface area contributed by atoms with Crippen LogP contribution in [0.25, 0.3) is 20.5 Å². The molecule has 1 aliphatic heterocycles. The number of benzene rings is 3. The van der Waals surface area contributed by atoms with E-state index in [0.29, 0.717) is 30.0 Å². The largest absolute Gasteiger partial charge is 0.508 e. The fourth-order valence-electron chi connectivity index (χ4n) is 4.21. The van der Waals surface area contributed by atoms with E-state index >= 15 is 0 Å². The van der Waals surface area contributed by atoms with Gasteiger partial charge in [0, 0.05) is 52.8 Å². The summed E-state index contributed by atoms with van der Waals surface area (Å²) >= 11 is 1.39. The fraction of sp³-hybridized carbons (Fsp3) is 0.250. The Morgan fingerprint density at radius 2 is 1.61 bits per heavy atom. The summed E-state index contributed by atoms with van der Waals surface area (Å²) in [7, 11) is 1.00. The summed E-state index contributed by atoms with van der Waals surface area (Å²) in [6.07, 6.45) is -5.18. The van der Waals surface area contributed by atoms with Crippen molar-refractivity contribution >= 4 is 27.2 Å². The first-order valence-electron chi connectivity index (χ1n) is 11.8. The van der Waals surface area contributed by atoms with Crippen LogP contribution in [0.2, 0.25) is 0 Å². The van der Waals surface area contributed by atoms with Gasteiger partial charge in [0.25, 0.3) is 0 Å². The second-order valence-electron chi connectivity index (χ2n) is 8.75. The number of alkyl halides is 3. The summed E-state index contributed by atoms with van der Waals surface area (Å²) < 4.78 is 43.7. The maximum absolute atomic E-state index is 13.6. The van der Waals surface area contributed by atoms with Crippen molar-refractivity contribution in [2.75, 3.05) is 26.7 Å². The highest BCUT2D eigenvalue weighted by molar-refractivity contribution is 7.22. The number of rotatable bonds is 7. The summed E-state index contributed by atoms with van der Waals surface area (Å²) in [4.78, 5) is 16.0. The van der Waals surface area contributed by atoms with Crippen LogP contribution < -0.4 is 4.74 Å². The topological polar surface area (TPSA) is 90.2 Å². The Bertz CT molecular complexity index is 1400. The lowest BCUT2D eigenvalue weighted by Crippen LogP contribution is -2.54. The van der Waals surface area contributed by atoms with Crippen molar-refractivity contribution < 1.29 is 38.0 Å². The summed E-state index contributed by atoms with van der Waals surface area (Å²) in [6.45, 7) is 0.827. The van der Waals surface area contributed by atoms with E-state index in [1.165, 1.54) is 11.3 Å². The second-order valence-corrected chi connectivity index (χ2v) is 9.80. The lowest BCUT2D eigenvalue weighted by Gasteiger charge is -2.39. The molecule has 3 aromatic carbocycles. The number of fused-ring (bicyclic) bond motifs is 1. The van der Waals surface area contributed by atoms with E-state index < -0.39 is 12.6 Å². The predicted octanol–water partition coefficient (Wildman–Crippen LogP) is 5.83. The molecule has 0 amide bonds. The molecule has 0 radical (unpaired) electrons. The zero-order valence-corrected chi connectivity index (χ0v) is 21.2. The third kappa shape index (κ3) is 6.27. The van der Waals surface area contributed by atoms with Crippen LogP contribution in [-0.4, -0.2) is 65.0 Å². The molecule has 0 spiro atoms. The maximum Gasteiger partial charge on any atom is 0.390 e. The molecule has 38 heavy (non-hydrogen) atoms. The molecule has 0 atom stereocenters. The smallest absolute Gasteiger partial charge is 0.390 e. The Labute approximate surface area is 221 Å². The van der Waals surface area contributed by atoms with Crippen molar-refractivity contribution in [2.24, 2.45) is 0 Å². The van der Waals surface area contributed by atoms with Crippen LogP contribution in [-0.2, 0) is 0 Å². The van der Waals surface area contributed by atoms with Crippen LogP contribution in [0, 0.1) is 0 Å². The number of likely N-dealkylation sites (tertiary alicyclic amines) is 1. The lowest BCUT2D eigenvalue weighted by molar-refractivity contribution is -0.142. The summed E-state index contributed by atoms with van der Waals surface area (Å²) in [6, 6.07) is 18.2. The Morgan fingerprint density at radius 1 is 0.974 bits per heavy atom. The highest BCUT2D eigenvalue weighted by Crippen LogP contribution is 2.41. The first kappa shape index (κ1) is 27.4. The third-order valence-electron chi connectivity index (χ3n) is 6.08. The standard InChI is InChI=1S/C27H22F3NO4S.CH4O/c28-27(29,30)11-12-31-14-21(15-31)35-20-8-3-16(4-9-20)25(34)24-22-10-7-19(33)13-23(22)36-26(24)17-1-5-18(32)6-2-17;1-2/h1-10,13,21,32-33H,11-12,14-15H2;2H,1H3. The molecule has 2 heterocycles. The molecule has 4 aromatic rings. The molecule has 6 nitrogen and oxygen atoms in total. The Hall–Kier alpha value is -3.60. The number of ketones is 1. The van der Waals surface area contributed by atoms with Gasteiger partial charge in [-0.2, -0.15) is 13.2 Å². The Balaban J connectivity index is 0.00000164. The first-order chi connectivity index (χ1) is 18.2. The number of aromatic hydroxyl groups is 2. The quantitative estimate of drug-likeness (QED) is 0.253. The van der Waals surface area contributed by atoms with Crippen LogP contribution in [0.5, 0.6) is 17.2 Å². The molecule has 0 unspecified atom stereocenters. The number of phenolic OH excluding ortho intramolecular Hbond substituents is 2. The van der Waals surface area contributed by atoms with Crippen molar-refractivity contribution in [2.45, 2.75) is 18.7 Å². The van der Waals surface area contributed by atoms with Crippen molar-refractivity contribution in [3.8, 4) is 27.7 Å². The van der Waals surface area contributed by atoms with Crippen molar-refractivity contribution in [3.63, 3.8) is 0 Å². The number of carbonyl (C=O) groups excluding carboxylic acids is 1. The highest BCUT2D eigenvalue weighted by Gasteiger charge is 2.33. The number of carbonyl (C=O) groups is 1. The number of ether oxygens (including phenoxy) is 1. The summed E-state index contributed by atoms with van der Waals surface area (Å²) in [5.41, 5.74) is 1.74. The van der Waals surface area contributed by atoms with Crippen molar-refractivity contribution in [3.05, 3.63) is 77.9 Å². The lowest BCUT2D eigenvalue weighted by atomic mass is 9.97. The van der Waals surface area contributed by atoms with E-state index in [1.54, 1.807) is 71.6 Å². The van der Waals surface area contributed by atoms with E-state index in [9.17, 15) is 28.2 Å². The van der Waals surface area contributed by atoms with E-state index in [0.717, 1.165) is 27.6 Å². The average molecular weight is 546 g/mol. The van der Waals surface area contributed by atoms with Crippen molar-refractivity contribution in [1.82, 2.24) is 4.90 Å². The minimum atomic E-state index is -4.16. The van der Waals surface area contributed by atoms with Gasteiger partial charge in [0.2, 0.25) is 0 Å².